The fourth-order valence-electron chi connectivity index (χ4n) is 1.19. The maximum atomic E-state index is 11.8. The molecule has 1 aromatic rings. The first-order valence-corrected chi connectivity index (χ1v) is 7.25. The monoisotopic (exact) mass is 310 g/mol. The minimum atomic E-state index is -3.67. The molecule has 0 heterocycles. The minimum Gasteiger partial charge on any atom is -0.355 e. The molecule has 0 saturated heterocycles. The van der Waals surface area contributed by atoms with Gasteiger partial charge >= 0.3 is 0 Å². The Morgan fingerprint density at radius 1 is 1.17 bits per heavy atom. The van der Waals surface area contributed by atoms with Gasteiger partial charge < -0.3 is 5.32 Å². The topological polar surface area (TPSA) is 75.3 Å². The van der Waals surface area contributed by atoms with Gasteiger partial charge in [0, 0.05) is 30.1 Å². The Hall–Kier alpha value is -0.820. The summed E-state index contributed by atoms with van der Waals surface area (Å²) >= 11 is 11.5. The number of amides is 1. The maximum Gasteiger partial charge on any atom is 0.240 e. The van der Waals surface area contributed by atoms with Crippen LogP contribution >= 0.6 is 23.2 Å². The van der Waals surface area contributed by atoms with E-state index < -0.39 is 10.0 Å². The second kappa shape index (κ2) is 6.38. The molecule has 2 N–H and O–H groups in total. The van der Waals surface area contributed by atoms with E-state index >= 15 is 0 Å². The van der Waals surface area contributed by atoms with Crippen molar-refractivity contribution in [3.05, 3.63) is 28.2 Å². The van der Waals surface area contributed by atoms with Crippen molar-refractivity contribution in [1.29, 1.82) is 0 Å². The molecule has 5 nitrogen and oxygen atoms in total. The highest BCUT2D eigenvalue weighted by Crippen LogP contribution is 2.21. The van der Waals surface area contributed by atoms with E-state index in [9.17, 15) is 13.2 Å². The van der Waals surface area contributed by atoms with Crippen LogP contribution in [0.5, 0.6) is 0 Å². The van der Waals surface area contributed by atoms with Gasteiger partial charge in [0.25, 0.3) is 0 Å². The largest absolute Gasteiger partial charge is 0.355 e. The summed E-state index contributed by atoms with van der Waals surface area (Å²) in [5.74, 6) is -0.222. The molecule has 0 aliphatic heterocycles. The smallest absolute Gasteiger partial charge is 0.240 e. The predicted octanol–water partition coefficient (Wildman–Crippen LogP) is 1.41. The number of nitrogens with one attached hydrogen (secondary N) is 2. The number of halogens is 2. The Morgan fingerprint density at radius 2 is 1.72 bits per heavy atom. The standard InChI is InChI=1S/C10H12Cl2N2O3S/c1-7(15)13-2-3-14-18(16,17)10-5-8(11)4-9(12)6-10/h4-6,14H,2-3H2,1H3,(H,13,15). The van der Waals surface area contributed by atoms with Gasteiger partial charge in [-0.1, -0.05) is 23.2 Å². The van der Waals surface area contributed by atoms with Gasteiger partial charge in [-0.15, -0.1) is 0 Å². The second-order valence-electron chi connectivity index (χ2n) is 3.49. The highest BCUT2D eigenvalue weighted by molar-refractivity contribution is 7.89. The quantitative estimate of drug-likeness (QED) is 0.807. The first-order chi connectivity index (χ1) is 8.31. The van der Waals surface area contributed by atoms with Crippen molar-refractivity contribution in [3.8, 4) is 0 Å². The Kier molecular flexibility index (Phi) is 5.40. The first-order valence-electron chi connectivity index (χ1n) is 5.01. The molecule has 0 spiro atoms. The molecular formula is C10H12Cl2N2O3S. The van der Waals surface area contributed by atoms with Crippen LogP contribution in [0.25, 0.3) is 0 Å². The van der Waals surface area contributed by atoms with E-state index in [0.29, 0.717) is 0 Å². The van der Waals surface area contributed by atoms with E-state index in [-0.39, 0.29) is 33.9 Å². The van der Waals surface area contributed by atoms with E-state index in [1.165, 1.54) is 25.1 Å². The third kappa shape index (κ3) is 4.81. The number of sulfonamides is 1. The summed E-state index contributed by atoms with van der Waals surface area (Å²) in [6.07, 6.45) is 0. The number of benzene rings is 1. The van der Waals surface area contributed by atoms with Crippen LogP contribution in [-0.2, 0) is 14.8 Å². The molecule has 0 aliphatic rings. The fourth-order valence-corrected chi connectivity index (χ4v) is 2.95. The van der Waals surface area contributed by atoms with E-state index in [0.717, 1.165) is 0 Å². The highest BCUT2D eigenvalue weighted by atomic mass is 35.5. The molecule has 0 aliphatic carbocycles. The van der Waals surface area contributed by atoms with Gasteiger partial charge in [0.05, 0.1) is 4.90 Å². The molecule has 0 aromatic heterocycles. The molecule has 1 rings (SSSR count). The van der Waals surface area contributed by atoms with Gasteiger partial charge in [0.1, 0.15) is 0 Å². The van der Waals surface area contributed by atoms with E-state index in [1.54, 1.807) is 0 Å². The lowest BCUT2D eigenvalue weighted by Gasteiger charge is -2.07. The summed E-state index contributed by atoms with van der Waals surface area (Å²) < 4.78 is 26.0. The Labute approximate surface area is 116 Å². The normalized spacial score (nSPS) is 11.3. The Bertz CT molecular complexity index is 526. The molecule has 0 atom stereocenters. The van der Waals surface area contributed by atoms with Crippen molar-refractivity contribution >= 4 is 39.1 Å². The number of carbonyl (C=O) groups excluding carboxylic acids is 1. The average molecular weight is 311 g/mol. The molecule has 0 radical (unpaired) electrons. The van der Waals surface area contributed by atoms with Crippen molar-refractivity contribution in [3.63, 3.8) is 0 Å². The first kappa shape index (κ1) is 15.2. The number of hydrogen-bond donors (Lipinski definition) is 2. The summed E-state index contributed by atoms with van der Waals surface area (Å²) in [4.78, 5) is 10.6. The molecule has 0 saturated carbocycles. The molecule has 0 unspecified atom stereocenters. The van der Waals surface area contributed by atoms with Crippen molar-refractivity contribution in [2.24, 2.45) is 0 Å². The van der Waals surface area contributed by atoms with E-state index in [2.05, 4.69) is 10.0 Å². The summed E-state index contributed by atoms with van der Waals surface area (Å²) in [6, 6.07) is 4.04. The molecule has 1 amide bonds. The third-order valence-corrected chi connectivity index (χ3v) is 3.81. The minimum absolute atomic E-state index is 0.0113. The van der Waals surface area contributed by atoms with Crippen LogP contribution in [0.1, 0.15) is 6.92 Å². The molecule has 100 valence electrons. The van der Waals surface area contributed by atoms with Gasteiger partial charge in [-0.05, 0) is 18.2 Å². The number of hydrogen-bond acceptors (Lipinski definition) is 3. The van der Waals surface area contributed by atoms with Gasteiger partial charge in [0.2, 0.25) is 15.9 Å². The summed E-state index contributed by atoms with van der Waals surface area (Å²) in [5, 5.41) is 2.96. The second-order valence-corrected chi connectivity index (χ2v) is 6.13. The molecule has 1 aromatic carbocycles. The zero-order valence-corrected chi connectivity index (χ0v) is 11.9. The van der Waals surface area contributed by atoms with Crippen LogP contribution in [0, 0.1) is 0 Å². The van der Waals surface area contributed by atoms with Crippen LogP contribution in [0.4, 0.5) is 0 Å². The molecule has 0 bridgehead atoms. The third-order valence-electron chi connectivity index (χ3n) is 1.94. The molecular weight excluding hydrogens is 299 g/mol. The highest BCUT2D eigenvalue weighted by Gasteiger charge is 2.14. The SMILES string of the molecule is CC(=O)NCCNS(=O)(=O)c1cc(Cl)cc(Cl)c1. The summed E-state index contributed by atoms with van der Waals surface area (Å²) in [7, 11) is -3.67. The van der Waals surface area contributed by atoms with Gasteiger partial charge in [-0.25, -0.2) is 13.1 Å². The van der Waals surface area contributed by atoms with Crippen molar-refractivity contribution in [2.45, 2.75) is 11.8 Å². The molecule has 18 heavy (non-hydrogen) atoms. The number of carbonyl (C=O) groups is 1. The van der Waals surface area contributed by atoms with Crippen molar-refractivity contribution < 1.29 is 13.2 Å². The number of rotatable bonds is 5. The van der Waals surface area contributed by atoms with E-state index in [1.807, 2.05) is 0 Å². The Balaban J connectivity index is 2.71. The average Bonchev–Trinajstić information content (AvgIpc) is 2.23. The fraction of sp³-hybridized carbons (Fsp3) is 0.300. The van der Waals surface area contributed by atoms with Crippen LogP contribution < -0.4 is 10.0 Å². The molecule has 0 fully saturated rings. The van der Waals surface area contributed by atoms with Gasteiger partial charge in [-0.2, -0.15) is 0 Å². The van der Waals surface area contributed by atoms with E-state index in [4.69, 9.17) is 23.2 Å². The van der Waals surface area contributed by atoms with Gasteiger partial charge in [0.15, 0.2) is 0 Å². The predicted molar refractivity (Wildman–Crippen MR) is 70.3 cm³/mol. The summed E-state index contributed by atoms with van der Waals surface area (Å²) in [6.45, 7) is 1.65. The lowest BCUT2D eigenvalue weighted by molar-refractivity contribution is -0.118. The van der Waals surface area contributed by atoms with Crippen LogP contribution in [0.3, 0.4) is 0 Å². The van der Waals surface area contributed by atoms with Crippen LogP contribution in [-0.4, -0.2) is 27.4 Å². The van der Waals surface area contributed by atoms with Gasteiger partial charge in [-0.3, -0.25) is 4.79 Å². The molecule has 8 heteroatoms. The maximum absolute atomic E-state index is 11.8. The lowest BCUT2D eigenvalue weighted by atomic mass is 10.4. The van der Waals surface area contributed by atoms with Crippen LogP contribution in [0.15, 0.2) is 23.1 Å². The lowest BCUT2D eigenvalue weighted by Crippen LogP contribution is -2.33. The van der Waals surface area contributed by atoms with Crippen molar-refractivity contribution in [2.75, 3.05) is 13.1 Å². The van der Waals surface area contributed by atoms with Crippen LogP contribution in [0.2, 0.25) is 10.0 Å². The summed E-state index contributed by atoms with van der Waals surface area (Å²) in [5.41, 5.74) is 0. The zero-order chi connectivity index (χ0) is 13.8. The zero-order valence-electron chi connectivity index (χ0n) is 9.54. The van der Waals surface area contributed by atoms with Crippen molar-refractivity contribution in [1.82, 2.24) is 10.0 Å². The Morgan fingerprint density at radius 3 is 2.22 bits per heavy atom.